The van der Waals surface area contributed by atoms with Crippen molar-refractivity contribution in [1.29, 1.82) is 0 Å². The number of ether oxygens (including phenoxy) is 2. The van der Waals surface area contributed by atoms with Crippen molar-refractivity contribution in [3.63, 3.8) is 0 Å². The second-order valence-electron chi connectivity index (χ2n) is 7.66. The number of benzene rings is 3. The Kier molecular flexibility index (Phi) is 6.75. The largest absolute Gasteiger partial charge is 0.508 e. The molecule has 1 heterocycles. The molecule has 1 N–H and O–H groups in total. The van der Waals surface area contributed by atoms with Gasteiger partial charge in [0.25, 0.3) is 5.91 Å². The van der Waals surface area contributed by atoms with Crippen molar-refractivity contribution in [2.24, 2.45) is 0 Å². The molecule has 0 bridgehead atoms. The highest BCUT2D eigenvalue weighted by molar-refractivity contribution is 5.83. The lowest BCUT2D eigenvalue weighted by molar-refractivity contribution is -0.141. The van der Waals surface area contributed by atoms with Crippen molar-refractivity contribution in [3.8, 4) is 17.2 Å². The van der Waals surface area contributed by atoms with Crippen LogP contribution in [0, 0.1) is 0 Å². The Bertz CT molecular complexity index is 1090. The van der Waals surface area contributed by atoms with E-state index in [1.54, 1.807) is 21.9 Å². The minimum absolute atomic E-state index is 0.0221. The molecule has 1 saturated heterocycles. The number of hydrogen-bond donors (Lipinski definition) is 1. The van der Waals surface area contributed by atoms with Gasteiger partial charge in [0.2, 0.25) is 5.91 Å². The quantitative estimate of drug-likeness (QED) is 0.618. The Balaban J connectivity index is 1.18. The first-order chi connectivity index (χ1) is 15.6. The summed E-state index contributed by atoms with van der Waals surface area (Å²) >= 11 is 0. The summed E-state index contributed by atoms with van der Waals surface area (Å²) in [5, 5.41) is 11.7. The van der Waals surface area contributed by atoms with Crippen LogP contribution in [0.5, 0.6) is 17.2 Å². The molecule has 2 amide bonds. The average Bonchev–Trinajstić information content (AvgIpc) is 2.82. The number of phenolic OH excluding ortho intramolecular Hbond substituents is 1. The van der Waals surface area contributed by atoms with E-state index in [-0.39, 0.29) is 24.2 Å². The van der Waals surface area contributed by atoms with Crippen LogP contribution in [0.4, 0.5) is 0 Å². The van der Waals surface area contributed by atoms with E-state index < -0.39 is 0 Å². The van der Waals surface area contributed by atoms with Crippen LogP contribution >= 0.6 is 0 Å². The third-order valence-corrected chi connectivity index (χ3v) is 5.47. The van der Waals surface area contributed by atoms with Gasteiger partial charge >= 0.3 is 0 Å². The summed E-state index contributed by atoms with van der Waals surface area (Å²) in [6, 6.07) is 20.3. The predicted molar refractivity (Wildman–Crippen MR) is 121 cm³/mol. The third kappa shape index (κ3) is 5.49. The highest BCUT2D eigenvalue weighted by Gasteiger charge is 2.24. The minimum Gasteiger partial charge on any atom is -0.508 e. The molecule has 0 spiro atoms. The molecule has 1 fully saturated rings. The van der Waals surface area contributed by atoms with Gasteiger partial charge in [-0.1, -0.05) is 36.4 Å². The van der Waals surface area contributed by atoms with Crippen LogP contribution in [0.25, 0.3) is 10.8 Å². The van der Waals surface area contributed by atoms with Crippen LogP contribution in [-0.2, 0) is 9.59 Å². The Labute approximate surface area is 186 Å². The monoisotopic (exact) mass is 434 g/mol. The first kappa shape index (κ1) is 21.5. The molecule has 7 heteroatoms. The van der Waals surface area contributed by atoms with Crippen LogP contribution in [0.2, 0.25) is 0 Å². The van der Waals surface area contributed by atoms with E-state index in [9.17, 15) is 14.7 Å². The molecular formula is C25H26N2O5. The van der Waals surface area contributed by atoms with Crippen LogP contribution in [-0.4, -0.2) is 66.1 Å². The molecule has 0 aromatic heterocycles. The van der Waals surface area contributed by atoms with Crippen molar-refractivity contribution in [2.45, 2.75) is 6.42 Å². The predicted octanol–water partition coefficient (Wildman–Crippen LogP) is 3.06. The number of carbonyl (C=O) groups excluding carboxylic acids is 2. The van der Waals surface area contributed by atoms with Gasteiger partial charge in [-0.25, -0.2) is 0 Å². The maximum atomic E-state index is 12.5. The van der Waals surface area contributed by atoms with E-state index in [2.05, 4.69) is 0 Å². The Morgan fingerprint density at radius 3 is 2.19 bits per heavy atom. The molecule has 0 atom stereocenters. The molecule has 7 nitrogen and oxygen atoms in total. The van der Waals surface area contributed by atoms with Gasteiger partial charge in [0.05, 0.1) is 13.0 Å². The summed E-state index contributed by atoms with van der Waals surface area (Å²) in [5.74, 6) is 1.16. The number of nitrogens with zero attached hydrogens (tertiary/aromatic N) is 2. The number of amides is 2. The number of hydrogen-bond acceptors (Lipinski definition) is 5. The molecule has 1 aliphatic heterocycles. The van der Waals surface area contributed by atoms with Gasteiger partial charge in [-0.05, 0) is 35.0 Å². The van der Waals surface area contributed by atoms with Crippen molar-refractivity contribution < 1.29 is 24.2 Å². The highest BCUT2D eigenvalue weighted by Crippen LogP contribution is 2.21. The van der Waals surface area contributed by atoms with Gasteiger partial charge in [0.1, 0.15) is 17.2 Å². The third-order valence-electron chi connectivity index (χ3n) is 5.47. The second-order valence-corrected chi connectivity index (χ2v) is 7.66. The minimum atomic E-state index is -0.139. The molecule has 3 aromatic carbocycles. The zero-order valence-electron chi connectivity index (χ0n) is 17.8. The van der Waals surface area contributed by atoms with Gasteiger partial charge < -0.3 is 24.4 Å². The molecule has 0 aliphatic carbocycles. The number of aromatic hydroxyl groups is 1. The van der Waals surface area contributed by atoms with E-state index in [1.165, 1.54) is 12.1 Å². The molecule has 4 rings (SSSR count). The summed E-state index contributed by atoms with van der Waals surface area (Å²) in [6.45, 7) is 2.14. The van der Waals surface area contributed by atoms with Gasteiger partial charge in [0, 0.05) is 32.2 Å². The molecular weight excluding hydrogens is 408 g/mol. The Morgan fingerprint density at radius 2 is 1.44 bits per heavy atom. The van der Waals surface area contributed by atoms with E-state index in [1.807, 2.05) is 42.5 Å². The van der Waals surface area contributed by atoms with Crippen LogP contribution in [0.3, 0.4) is 0 Å². The van der Waals surface area contributed by atoms with E-state index in [0.29, 0.717) is 45.0 Å². The average molecular weight is 434 g/mol. The van der Waals surface area contributed by atoms with Gasteiger partial charge in [-0.15, -0.1) is 0 Å². The molecule has 3 aromatic rings. The first-order valence-corrected chi connectivity index (χ1v) is 10.7. The van der Waals surface area contributed by atoms with E-state index >= 15 is 0 Å². The second kappa shape index (κ2) is 10.0. The molecule has 0 radical (unpaired) electrons. The van der Waals surface area contributed by atoms with Gasteiger partial charge in [-0.2, -0.15) is 0 Å². The first-order valence-electron chi connectivity index (χ1n) is 10.7. The summed E-state index contributed by atoms with van der Waals surface area (Å²) in [4.78, 5) is 28.3. The van der Waals surface area contributed by atoms with Crippen molar-refractivity contribution in [3.05, 3.63) is 66.7 Å². The number of piperazine rings is 1. The summed E-state index contributed by atoms with van der Waals surface area (Å²) in [6.07, 6.45) is 0.293. The zero-order valence-corrected chi connectivity index (χ0v) is 17.8. The van der Waals surface area contributed by atoms with Crippen LogP contribution in [0.15, 0.2) is 66.7 Å². The maximum absolute atomic E-state index is 12.5. The fourth-order valence-corrected chi connectivity index (χ4v) is 3.69. The standard InChI is InChI=1S/C25H26N2O5/c28-21-6-3-7-22(17-21)32-18-25(30)27-13-11-26(12-14-27)24(29)10-15-31-23-9-8-19-4-1-2-5-20(19)16-23/h1-9,16-17,28H,10-15,18H2. The van der Waals surface area contributed by atoms with Crippen molar-refractivity contribution >= 4 is 22.6 Å². The fraction of sp³-hybridized carbons (Fsp3) is 0.280. The van der Waals surface area contributed by atoms with Crippen LogP contribution in [0.1, 0.15) is 6.42 Å². The summed E-state index contributed by atoms with van der Waals surface area (Å²) in [5.41, 5.74) is 0. The molecule has 1 aliphatic rings. The zero-order chi connectivity index (χ0) is 22.3. The Hall–Kier alpha value is -3.74. The summed E-state index contributed by atoms with van der Waals surface area (Å²) < 4.78 is 11.2. The number of fused-ring (bicyclic) bond motifs is 1. The van der Waals surface area contributed by atoms with Gasteiger partial charge in [-0.3, -0.25) is 9.59 Å². The number of carbonyl (C=O) groups is 2. The van der Waals surface area contributed by atoms with Gasteiger partial charge in [0.15, 0.2) is 6.61 Å². The lowest BCUT2D eigenvalue weighted by Gasteiger charge is -2.34. The number of rotatable bonds is 7. The van der Waals surface area contributed by atoms with E-state index in [4.69, 9.17) is 9.47 Å². The maximum Gasteiger partial charge on any atom is 0.260 e. The topological polar surface area (TPSA) is 79.3 Å². The lowest BCUT2D eigenvalue weighted by atomic mass is 10.1. The summed E-state index contributed by atoms with van der Waals surface area (Å²) in [7, 11) is 0. The highest BCUT2D eigenvalue weighted by atomic mass is 16.5. The molecule has 0 unspecified atom stereocenters. The Morgan fingerprint density at radius 1 is 0.750 bits per heavy atom. The van der Waals surface area contributed by atoms with Crippen LogP contribution < -0.4 is 9.47 Å². The molecule has 32 heavy (non-hydrogen) atoms. The molecule has 0 saturated carbocycles. The van der Waals surface area contributed by atoms with Crippen molar-refractivity contribution in [2.75, 3.05) is 39.4 Å². The molecule has 166 valence electrons. The van der Waals surface area contributed by atoms with E-state index in [0.717, 1.165) is 16.5 Å². The van der Waals surface area contributed by atoms with Crippen molar-refractivity contribution in [1.82, 2.24) is 9.80 Å². The smallest absolute Gasteiger partial charge is 0.260 e. The number of phenols is 1. The SMILES string of the molecule is O=C(CCOc1ccc2ccccc2c1)N1CCN(C(=O)COc2cccc(O)c2)CC1. The normalized spacial score (nSPS) is 13.8. The fourth-order valence-electron chi connectivity index (χ4n) is 3.69. The lowest BCUT2D eigenvalue weighted by Crippen LogP contribution is -2.51.